The molecule has 0 aliphatic rings. The van der Waals surface area contributed by atoms with Crippen LogP contribution in [0, 0.1) is 6.92 Å². The van der Waals surface area contributed by atoms with Crippen molar-refractivity contribution in [2.24, 2.45) is 0 Å². The summed E-state index contributed by atoms with van der Waals surface area (Å²) in [5, 5.41) is 3.98. The van der Waals surface area contributed by atoms with Gasteiger partial charge >= 0.3 is 5.63 Å². The lowest BCUT2D eigenvalue weighted by atomic mass is 10.1. The molecule has 0 aliphatic heterocycles. The van der Waals surface area contributed by atoms with Crippen LogP contribution in [0.1, 0.15) is 5.56 Å². The second-order valence-corrected chi connectivity index (χ2v) is 7.36. The number of hydrogen-bond acceptors (Lipinski definition) is 4. The first-order chi connectivity index (χ1) is 12.0. The Kier molecular flexibility index (Phi) is 4.12. The molecule has 0 unspecified atom stereocenters. The fourth-order valence-electron chi connectivity index (χ4n) is 2.56. The lowest BCUT2D eigenvalue weighted by Gasteiger charge is -2.02. The summed E-state index contributed by atoms with van der Waals surface area (Å²) in [6.45, 7) is 2.03. The molecule has 0 amide bonds. The normalized spacial score (nSPS) is 11.2. The van der Waals surface area contributed by atoms with E-state index in [1.54, 1.807) is 18.2 Å². The van der Waals surface area contributed by atoms with Gasteiger partial charge in [0.05, 0.1) is 16.3 Å². The van der Waals surface area contributed by atoms with Crippen molar-refractivity contribution in [1.29, 1.82) is 0 Å². The van der Waals surface area contributed by atoms with Crippen LogP contribution in [0.25, 0.3) is 32.8 Å². The van der Waals surface area contributed by atoms with Crippen LogP contribution in [0.3, 0.4) is 0 Å². The smallest absolute Gasteiger partial charge is 0.346 e. The molecular formula is C19H11Cl2NO2S. The van der Waals surface area contributed by atoms with Gasteiger partial charge in [0.25, 0.3) is 0 Å². The number of hydrogen-bond donors (Lipinski definition) is 0. The summed E-state index contributed by atoms with van der Waals surface area (Å²) in [6, 6.07) is 13.1. The number of rotatable bonds is 2. The van der Waals surface area contributed by atoms with Crippen molar-refractivity contribution in [3.63, 3.8) is 0 Å². The van der Waals surface area contributed by atoms with E-state index in [1.807, 2.05) is 36.6 Å². The summed E-state index contributed by atoms with van der Waals surface area (Å²) in [5.74, 6) is 0. The molecular weight excluding hydrogens is 377 g/mol. The number of halogens is 2. The highest BCUT2D eigenvalue weighted by atomic mass is 35.5. The Morgan fingerprint density at radius 3 is 2.60 bits per heavy atom. The zero-order valence-electron chi connectivity index (χ0n) is 13.0. The van der Waals surface area contributed by atoms with Crippen LogP contribution in [0.4, 0.5) is 0 Å². The van der Waals surface area contributed by atoms with Crippen LogP contribution in [0.2, 0.25) is 10.0 Å². The molecule has 2 aromatic carbocycles. The average Bonchev–Trinajstić information content (AvgIpc) is 3.05. The Morgan fingerprint density at radius 2 is 1.84 bits per heavy atom. The highest BCUT2D eigenvalue weighted by Gasteiger charge is 2.14. The molecule has 4 rings (SSSR count). The van der Waals surface area contributed by atoms with Crippen LogP contribution < -0.4 is 5.63 Å². The standard InChI is InChI=1S/C19H11Cl2NO2S/c1-10-2-4-11(5-3-10)16-9-25-18(22-16)14-7-12-6-13(20)8-15(21)17(12)24-19(14)23/h2-9H,1H3. The molecule has 6 heteroatoms. The van der Waals surface area contributed by atoms with Gasteiger partial charge < -0.3 is 4.42 Å². The van der Waals surface area contributed by atoms with Gasteiger partial charge in [0.1, 0.15) is 5.01 Å². The van der Waals surface area contributed by atoms with E-state index in [2.05, 4.69) is 4.98 Å². The van der Waals surface area contributed by atoms with Crippen molar-refractivity contribution >= 4 is 45.5 Å². The number of thiazole rings is 1. The predicted octanol–water partition coefficient (Wildman–Crippen LogP) is 6.20. The van der Waals surface area contributed by atoms with Gasteiger partial charge in [0, 0.05) is 21.4 Å². The zero-order valence-corrected chi connectivity index (χ0v) is 15.4. The topological polar surface area (TPSA) is 43.1 Å². The molecule has 0 radical (unpaired) electrons. The van der Waals surface area contributed by atoms with E-state index in [1.165, 1.54) is 16.9 Å². The second kappa shape index (κ2) is 6.30. The maximum atomic E-state index is 12.4. The largest absolute Gasteiger partial charge is 0.421 e. The Hall–Kier alpha value is -2.14. The maximum absolute atomic E-state index is 12.4. The molecule has 2 aromatic heterocycles. The van der Waals surface area contributed by atoms with Gasteiger partial charge in [-0.25, -0.2) is 9.78 Å². The van der Waals surface area contributed by atoms with Crippen molar-refractivity contribution in [1.82, 2.24) is 4.98 Å². The zero-order chi connectivity index (χ0) is 17.6. The minimum absolute atomic E-state index is 0.311. The van der Waals surface area contributed by atoms with Crippen LogP contribution in [-0.4, -0.2) is 4.98 Å². The van der Waals surface area contributed by atoms with Gasteiger partial charge in [-0.15, -0.1) is 11.3 Å². The number of fused-ring (bicyclic) bond motifs is 1. The number of aromatic nitrogens is 1. The molecule has 0 aliphatic carbocycles. The Balaban J connectivity index is 1.83. The van der Waals surface area contributed by atoms with Crippen molar-refractivity contribution in [3.8, 4) is 21.8 Å². The lowest BCUT2D eigenvalue weighted by Crippen LogP contribution is -2.02. The molecule has 4 aromatic rings. The van der Waals surface area contributed by atoms with Gasteiger partial charge in [0.2, 0.25) is 0 Å². The molecule has 0 bridgehead atoms. The Labute approximate surface area is 157 Å². The SMILES string of the molecule is Cc1ccc(-c2csc(-c3cc4cc(Cl)cc(Cl)c4oc3=O)n2)cc1. The van der Waals surface area contributed by atoms with E-state index in [9.17, 15) is 4.79 Å². The summed E-state index contributed by atoms with van der Waals surface area (Å²) in [7, 11) is 0. The van der Waals surface area contributed by atoms with Crippen molar-refractivity contribution < 1.29 is 4.42 Å². The molecule has 0 saturated heterocycles. The van der Waals surface area contributed by atoms with Crippen LogP contribution in [0.15, 0.2) is 57.1 Å². The highest BCUT2D eigenvalue weighted by molar-refractivity contribution is 7.13. The molecule has 124 valence electrons. The molecule has 0 spiro atoms. The van der Waals surface area contributed by atoms with E-state index in [4.69, 9.17) is 27.6 Å². The van der Waals surface area contributed by atoms with Crippen LogP contribution in [-0.2, 0) is 0 Å². The summed E-state index contributed by atoms with van der Waals surface area (Å²) < 4.78 is 5.38. The number of aryl methyl sites for hydroxylation is 1. The third kappa shape index (κ3) is 3.09. The first-order valence-electron chi connectivity index (χ1n) is 7.47. The Bertz CT molecular complexity index is 1150. The van der Waals surface area contributed by atoms with Gasteiger partial charge in [-0.1, -0.05) is 53.0 Å². The van der Waals surface area contributed by atoms with Crippen LogP contribution in [0.5, 0.6) is 0 Å². The minimum atomic E-state index is -0.471. The van der Waals surface area contributed by atoms with Crippen molar-refractivity contribution in [2.75, 3.05) is 0 Å². The van der Waals surface area contributed by atoms with E-state index in [0.29, 0.717) is 31.6 Å². The summed E-state index contributed by atoms with van der Waals surface area (Å²) in [4.78, 5) is 17.0. The minimum Gasteiger partial charge on any atom is -0.421 e. The first kappa shape index (κ1) is 16.3. The van der Waals surface area contributed by atoms with Crippen LogP contribution >= 0.6 is 34.5 Å². The summed E-state index contributed by atoms with van der Waals surface area (Å²) in [5.41, 5.74) is 3.27. The molecule has 0 N–H and O–H groups in total. The van der Waals surface area contributed by atoms with E-state index in [-0.39, 0.29) is 0 Å². The molecule has 0 atom stereocenters. The summed E-state index contributed by atoms with van der Waals surface area (Å²) in [6.07, 6.45) is 0. The third-order valence-electron chi connectivity index (χ3n) is 3.83. The number of nitrogens with zero attached hydrogens (tertiary/aromatic N) is 1. The predicted molar refractivity (Wildman–Crippen MR) is 104 cm³/mol. The van der Waals surface area contributed by atoms with Crippen molar-refractivity contribution in [2.45, 2.75) is 6.92 Å². The maximum Gasteiger partial charge on any atom is 0.346 e. The van der Waals surface area contributed by atoms with E-state index in [0.717, 1.165) is 11.3 Å². The van der Waals surface area contributed by atoms with Gasteiger partial charge in [-0.05, 0) is 25.1 Å². The van der Waals surface area contributed by atoms with Crippen molar-refractivity contribution in [3.05, 3.63) is 73.9 Å². The fourth-order valence-corrected chi connectivity index (χ4v) is 3.94. The highest BCUT2D eigenvalue weighted by Crippen LogP contribution is 2.32. The summed E-state index contributed by atoms with van der Waals surface area (Å²) >= 11 is 13.5. The Morgan fingerprint density at radius 1 is 1.08 bits per heavy atom. The van der Waals surface area contributed by atoms with E-state index >= 15 is 0 Å². The van der Waals surface area contributed by atoms with Gasteiger partial charge in [0.15, 0.2) is 5.58 Å². The van der Waals surface area contributed by atoms with E-state index < -0.39 is 5.63 Å². The monoisotopic (exact) mass is 387 g/mol. The average molecular weight is 388 g/mol. The number of benzene rings is 2. The second-order valence-electron chi connectivity index (χ2n) is 5.66. The molecule has 0 fully saturated rings. The third-order valence-corrected chi connectivity index (χ3v) is 5.21. The molecule has 0 saturated carbocycles. The van der Waals surface area contributed by atoms with Gasteiger partial charge in [-0.3, -0.25) is 0 Å². The lowest BCUT2D eigenvalue weighted by molar-refractivity contribution is 0.563. The quantitative estimate of drug-likeness (QED) is 0.384. The fraction of sp³-hybridized carbons (Fsp3) is 0.0526. The van der Waals surface area contributed by atoms with Gasteiger partial charge in [-0.2, -0.15) is 0 Å². The molecule has 3 nitrogen and oxygen atoms in total. The molecule has 25 heavy (non-hydrogen) atoms. The molecule has 2 heterocycles. The first-order valence-corrected chi connectivity index (χ1v) is 9.11.